The molecule has 1 atom stereocenters. The maximum Gasteiger partial charge on any atom is 0.244 e. The van der Waals surface area contributed by atoms with Gasteiger partial charge in [0.2, 0.25) is 5.91 Å². The van der Waals surface area contributed by atoms with Crippen molar-refractivity contribution in [1.82, 2.24) is 20.1 Å². The van der Waals surface area contributed by atoms with E-state index in [0.29, 0.717) is 11.3 Å². The van der Waals surface area contributed by atoms with E-state index in [1.807, 2.05) is 36.4 Å². The Kier molecular flexibility index (Phi) is 4.63. The molecule has 6 nitrogen and oxygen atoms in total. The number of amides is 1. The monoisotopic (exact) mass is 336 g/mol. The van der Waals surface area contributed by atoms with Crippen molar-refractivity contribution in [2.75, 3.05) is 6.54 Å². The van der Waals surface area contributed by atoms with Crippen LogP contribution < -0.4 is 5.32 Å². The summed E-state index contributed by atoms with van der Waals surface area (Å²) < 4.78 is 1.61. The molecule has 3 rings (SSSR count). The molecule has 0 fully saturated rings. The van der Waals surface area contributed by atoms with Gasteiger partial charge in [-0.2, -0.15) is 5.10 Å². The van der Waals surface area contributed by atoms with E-state index in [0.717, 1.165) is 10.9 Å². The molecule has 0 saturated heterocycles. The zero-order valence-electron chi connectivity index (χ0n) is 14.2. The lowest BCUT2D eigenvalue weighted by molar-refractivity contribution is -0.117. The average molecular weight is 336 g/mol. The van der Waals surface area contributed by atoms with E-state index >= 15 is 0 Å². The number of hydrogen-bond donors (Lipinski definition) is 2. The largest absolute Gasteiger partial charge is 0.383 e. The Morgan fingerprint density at radius 3 is 2.88 bits per heavy atom. The second-order valence-electron chi connectivity index (χ2n) is 6.16. The fraction of sp³-hybridized carbons (Fsp3) is 0.211. The maximum absolute atomic E-state index is 12.0. The van der Waals surface area contributed by atoms with Gasteiger partial charge >= 0.3 is 0 Å². The standard InChI is InChI=1S/C19H20N4O2/c1-19(25,15-11-21-23(2)12-15)13-20-18(24)10-9-16-8-7-14-5-3-4-6-17(14)22-16/h3-12,25H,13H2,1-2H3,(H,20,24)/b10-9+. The van der Waals surface area contributed by atoms with Crippen molar-refractivity contribution in [2.24, 2.45) is 7.05 Å². The third-order valence-electron chi connectivity index (χ3n) is 3.96. The minimum Gasteiger partial charge on any atom is -0.383 e. The summed E-state index contributed by atoms with van der Waals surface area (Å²) in [7, 11) is 1.78. The first kappa shape index (κ1) is 16.9. The molecule has 1 aromatic carbocycles. The molecule has 25 heavy (non-hydrogen) atoms. The zero-order valence-corrected chi connectivity index (χ0v) is 14.2. The molecule has 1 unspecified atom stereocenters. The molecule has 2 aromatic heterocycles. The first-order chi connectivity index (χ1) is 11.9. The minimum atomic E-state index is -1.18. The highest BCUT2D eigenvalue weighted by atomic mass is 16.3. The Morgan fingerprint density at radius 2 is 2.12 bits per heavy atom. The van der Waals surface area contributed by atoms with E-state index in [-0.39, 0.29) is 12.5 Å². The van der Waals surface area contributed by atoms with Gasteiger partial charge < -0.3 is 10.4 Å². The molecule has 128 valence electrons. The molecule has 0 aliphatic carbocycles. The van der Waals surface area contributed by atoms with Crippen molar-refractivity contribution < 1.29 is 9.90 Å². The number of nitrogens with one attached hydrogen (secondary N) is 1. The van der Waals surface area contributed by atoms with E-state index < -0.39 is 5.60 Å². The lowest BCUT2D eigenvalue weighted by Gasteiger charge is -2.21. The second kappa shape index (κ2) is 6.86. The van der Waals surface area contributed by atoms with Gasteiger partial charge in [-0.15, -0.1) is 0 Å². The number of aryl methyl sites for hydroxylation is 1. The summed E-state index contributed by atoms with van der Waals surface area (Å²) in [5.41, 5.74) is 1.05. The second-order valence-corrected chi connectivity index (χ2v) is 6.16. The average Bonchev–Trinajstić information content (AvgIpc) is 3.05. The van der Waals surface area contributed by atoms with Gasteiger partial charge in [-0.1, -0.05) is 24.3 Å². The third kappa shape index (κ3) is 4.10. The SMILES string of the molecule is Cn1cc(C(C)(O)CNC(=O)/C=C/c2ccc3ccccc3n2)cn1. The van der Waals surface area contributed by atoms with Gasteiger partial charge in [-0.25, -0.2) is 4.98 Å². The number of fused-ring (bicyclic) bond motifs is 1. The molecule has 0 radical (unpaired) electrons. The molecule has 0 aliphatic heterocycles. The molecule has 0 spiro atoms. The Balaban J connectivity index is 1.62. The summed E-state index contributed by atoms with van der Waals surface area (Å²) in [4.78, 5) is 16.5. The topological polar surface area (TPSA) is 80.0 Å². The maximum atomic E-state index is 12.0. The number of aliphatic hydroxyl groups is 1. The van der Waals surface area contributed by atoms with Gasteiger partial charge in [0, 0.05) is 30.3 Å². The number of hydrogen-bond acceptors (Lipinski definition) is 4. The summed E-state index contributed by atoms with van der Waals surface area (Å²) in [6.45, 7) is 1.73. The van der Waals surface area contributed by atoms with Crippen LogP contribution in [0.1, 0.15) is 18.2 Å². The van der Waals surface area contributed by atoms with Crippen LogP contribution in [-0.2, 0) is 17.4 Å². The Hall–Kier alpha value is -2.99. The predicted octanol–water partition coefficient (Wildman–Crippen LogP) is 2.01. The smallest absolute Gasteiger partial charge is 0.244 e. The van der Waals surface area contributed by atoms with Gasteiger partial charge in [-0.3, -0.25) is 9.48 Å². The number of aromatic nitrogens is 3. The van der Waals surface area contributed by atoms with Gasteiger partial charge in [0.25, 0.3) is 0 Å². The molecule has 0 bridgehead atoms. The van der Waals surface area contributed by atoms with Crippen LogP contribution in [0.2, 0.25) is 0 Å². The van der Waals surface area contributed by atoms with Crippen LogP contribution in [-0.4, -0.2) is 32.3 Å². The van der Waals surface area contributed by atoms with Gasteiger partial charge in [0.05, 0.1) is 24.0 Å². The van der Waals surface area contributed by atoms with Crippen molar-refractivity contribution in [2.45, 2.75) is 12.5 Å². The summed E-state index contributed by atoms with van der Waals surface area (Å²) in [5.74, 6) is -0.292. The highest BCUT2D eigenvalue weighted by molar-refractivity contribution is 5.92. The van der Waals surface area contributed by atoms with E-state index in [1.54, 1.807) is 37.1 Å². The molecule has 2 N–H and O–H groups in total. The number of benzene rings is 1. The van der Waals surface area contributed by atoms with Gasteiger partial charge in [-0.05, 0) is 25.1 Å². The normalized spacial score (nSPS) is 13.9. The summed E-state index contributed by atoms with van der Waals surface area (Å²) in [5, 5.41) is 18.2. The van der Waals surface area contributed by atoms with E-state index in [9.17, 15) is 9.90 Å². The van der Waals surface area contributed by atoms with Crippen LogP contribution in [0, 0.1) is 0 Å². The summed E-state index contributed by atoms with van der Waals surface area (Å²) in [6, 6.07) is 11.6. The fourth-order valence-corrected chi connectivity index (χ4v) is 2.46. The van der Waals surface area contributed by atoms with E-state index in [2.05, 4.69) is 15.4 Å². The highest BCUT2D eigenvalue weighted by Gasteiger charge is 2.24. The minimum absolute atomic E-state index is 0.0903. The molecule has 3 aromatic rings. The van der Waals surface area contributed by atoms with Crippen LogP contribution in [0.5, 0.6) is 0 Å². The van der Waals surface area contributed by atoms with Gasteiger partial charge in [0.1, 0.15) is 5.60 Å². The molecular weight excluding hydrogens is 316 g/mol. The molecular formula is C19H20N4O2. The lowest BCUT2D eigenvalue weighted by Crippen LogP contribution is -2.37. The quantitative estimate of drug-likeness (QED) is 0.699. The fourth-order valence-electron chi connectivity index (χ4n) is 2.46. The Bertz CT molecular complexity index is 928. The van der Waals surface area contributed by atoms with Crippen LogP contribution in [0.15, 0.2) is 54.9 Å². The summed E-state index contributed by atoms with van der Waals surface area (Å²) >= 11 is 0. The highest BCUT2D eigenvalue weighted by Crippen LogP contribution is 2.18. The third-order valence-corrected chi connectivity index (χ3v) is 3.96. The van der Waals surface area contributed by atoms with Crippen LogP contribution in [0.4, 0.5) is 0 Å². The number of pyridine rings is 1. The molecule has 0 saturated carbocycles. The zero-order chi connectivity index (χ0) is 17.9. The first-order valence-corrected chi connectivity index (χ1v) is 7.97. The first-order valence-electron chi connectivity index (χ1n) is 7.97. The number of rotatable bonds is 5. The van der Waals surface area contributed by atoms with Crippen molar-refractivity contribution in [3.8, 4) is 0 Å². The lowest BCUT2D eigenvalue weighted by atomic mass is 10.00. The van der Waals surface area contributed by atoms with Crippen molar-refractivity contribution in [3.63, 3.8) is 0 Å². The van der Waals surface area contributed by atoms with Crippen molar-refractivity contribution in [1.29, 1.82) is 0 Å². The molecule has 6 heteroatoms. The molecule has 0 aliphatic rings. The Morgan fingerprint density at radius 1 is 1.32 bits per heavy atom. The predicted molar refractivity (Wildman–Crippen MR) is 96.6 cm³/mol. The summed E-state index contributed by atoms with van der Waals surface area (Å²) in [6.07, 6.45) is 6.37. The van der Waals surface area contributed by atoms with Crippen molar-refractivity contribution >= 4 is 22.9 Å². The number of carbonyl (C=O) groups is 1. The molecule has 2 heterocycles. The van der Waals surface area contributed by atoms with Crippen LogP contribution in [0.3, 0.4) is 0 Å². The van der Waals surface area contributed by atoms with Crippen LogP contribution >= 0.6 is 0 Å². The Labute approximate surface area is 145 Å². The number of carbonyl (C=O) groups excluding carboxylic acids is 1. The van der Waals surface area contributed by atoms with E-state index in [4.69, 9.17) is 0 Å². The van der Waals surface area contributed by atoms with E-state index in [1.165, 1.54) is 6.08 Å². The number of nitrogens with zero attached hydrogens (tertiary/aromatic N) is 3. The number of para-hydroxylation sites is 1. The van der Waals surface area contributed by atoms with Crippen LogP contribution in [0.25, 0.3) is 17.0 Å². The van der Waals surface area contributed by atoms with Gasteiger partial charge in [0.15, 0.2) is 0 Å². The molecule has 1 amide bonds. The van der Waals surface area contributed by atoms with Crippen molar-refractivity contribution in [3.05, 3.63) is 66.1 Å².